The summed E-state index contributed by atoms with van der Waals surface area (Å²) in [6, 6.07) is 30.1. The fraction of sp³-hybridized carbons (Fsp3) is 0.273. The van der Waals surface area contributed by atoms with Gasteiger partial charge in [-0.05, 0) is 55.8 Å². The largest absolute Gasteiger partial charge is 0.495 e. The van der Waals surface area contributed by atoms with Gasteiger partial charge in [-0.2, -0.15) is 5.26 Å². The fourth-order valence-electron chi connectivity index (χ4n) is 6.06. The van der Waals surface area contributed by atoms with Crippen molar-refractivity contribution in [3.8, 4) is 17.6 Å². The number of methoxy groups -OCH3 is 1. The van der Waals surface area contributed by atoms with E-state index in [4.69, 9.17) is 9.47 Å². The summed E-state index contributed by atoms with van der Waals surface area (Å²) in [5.74, 6) is 0.991. The van der Waals surface area contributed by atoms with Crippen molar-refractivity contribution >= 4 is 0 Å². The van der Waals surface area contributed by atoms with Gasteiger partial charge in [0.1, 0.15) is 17.1 Å². The van der Waals surface area contributed by atoms with Crippen molar-refractivity contribution < 1.29 is 14.6 Å². The van der Waals surface area contributed by atoms with Gasteiger partial charge in [-0.15, -0.1) is 0 Å². The number of aromatic nitrogens is 1. The van der Waals surface area contributed by atoms with Gasteiger partial charge < -0.3 is 19.5 Å². The van der Waals surface area contributed by atoms with Crippen LogP contribution in [0.4, 0.5) is 0 Å². The Morgan fingerprint density at radius 2 is 1.67 bits per heavy atom. The van der Waals surface area contributed by atoms with Crippen LogP contribution in [0.25, 0.3) is 0 Å². The average molecular weight is 520 g/mol. The summed E-state index contributed by atoms with van der Waals surface area (Å²) in [5.41, 5.74) is 2.23. The number of rotatable bonds is 5. The molecular weight excluding hydrogens is 486 g/mol. The monoisotopic (exact) mass is 519 g/mol. The van der Waals surface area contributed by atoms with Gasteiger partial charge in [-0.25, -0.2) is 0 Å². The number of aliphatic hydroxyl groups is 1. The van der Waals surface area contributed by atoms with Crippen molar-refractivity contribution in [2.75, 3.05) is 21.2 Å². The normalized spacial score (nSPS) is 22.6. The summed E-state index contributed by atoms with van der Waals surface area (Å²) < 4.78 is 12.2. The molecule has 198 valence electrons. The Labute approximate surface area is 230 Å². The fourth-order valence-corrected chi connectivity index (χ4v) is 6.06. The molecule has 6 heteroatoms. The first-order valence-corrected chi connectivity index (χ1v) is 13.1. The van der Waals surface area contributed by atoms with Gasteiger partial charge in [0, 0.05) is 12.5 Å². The number of nitriles is 1. The minimum Gasteiger partial charge on any atom is -0.495 e. The summed E-state index contributed by atoms with van der Waals surface area (Å²) in [6.45, 7) is 1.03. The van der Waals surface area contributed by atoms with Crippen molar-refractivity contribution in [2.45, 2.75) is 36.5 Å². The molecule has 1 aromatic heterocycles. The van der Waals surface area contributed by atoms with E-state index >= 15 is 0 Å². The van der Waals surface area contributed by atoms with Gasteiger partial charge in [-0.3, -0.25) is 4.98 Å². The molecule has 1 N–H and O–H groups in total. The first-order chi connectivity index (χ1) is 18.9. The molecule has 39 heavy (non-hydrogen) atoms. The molecule has 1 aliphatic heterocycles. The molecule has 0 unspecified atom stereocenters. The van der Waals surface area contributed by atoms with Crippen molar-refractivity contribution in [3.63, 3.8) is 0 Å². The van der Waals surface area contributed by atoms with Crippen LogP contribution in [0.5, 0.6) is 11.5 Å². The maximum Gasteiger partial charge on any atom is 0.174 e. The summed E-state index contributed by atoms with van der Waals surface area (Å²) in [6.07, 6.45) is 4.54. The van der Waals surface area contributed by atoms with E-state index in [1.54, 1.807) is 31.6 Å². The second-order valence-electron chi connectivity index (χ2n) is 10.3. The Hall–Kier alpha value is -4.18. The second kappa shape index (κ2) is 10.9. The molecule has 0 bridgehead atoms. The predicted molar refractivity (Wildman–Crippen MR) is 150 cm³/mol. The molecule has 2 heterocycles. The number of fused-ring (bicyclic) bond motifs is 3. The van der Waals surface area contributed by atoms with Crippen LogP contribution in [-0.4, -0.2) is 36.2 Å². The highest BCUT2D eigenvalue weighted by atomic mass is 16.5. The van der Waals surface area contributed by atoms with Gasteiger partial charge in [0.15, 0.2) is 5.60 Å². The SMILES string of the molecule is CN(C)Cc1ccccc1.COc1cncc2c1[C@]1(O)CC[C@@H](c3ccccc3)[C@]1(c1ccc(C#N)cc1)O2. The van der Waals surface area contributed by atoms with E-state index in [1.165, 1.54) is 5.56 Å². The Balaban J connectivity index is 0.000000261. The average Bonchev–Trinajstić information content (AvgIpc) is 3.41. The zero-order valence-electron chi connectivity index (χ0n) is 22.5. The highest BCUT2D eigenvalue weighted by Gasteiger charge is 2.69. The number of pyridine rings is 1. The topological polar surface area (TPSA) is 78.6 Å². The van der Waals surface area contributed by atoms with Gasteiger partial charge in [0.2, 0.25) is 0 Å². The molecule has 0 amide bonds. The first-order valence-electron chi connectivity index (χ1n) is 13.1. The molecule has 1 saturated carbocycles. The predicted octanol–water partition coefficient (Wildman–Crippen LogP) is 5.76. The third kappa shape index (κ3) is 4.65. The molecule has 0 spiro atoms. The lowest BCUT2D eigenvalue weighted by Gasteiger charge is -2.40. The maximum absolute atomic E-state index is 12.2. The molecular formula is C33H33N3O3. The quantitative estimate of drug-likeness (QED) is 0.361. The standard InChI is InChI=1S/C24H20N2O3.C9H13N/c1-28-20-14-26-15-21-22(20)23(27)12-11-19(17-5-3-2-4-6-17)24(23,29-21)18-9-7-16(13-25)8-10-18;1-10(2)8-9-6-4-3-5-7-9/h2-10,14-15,19,27H,11-12H2,1H3;3-7H,8H2,1-2H3/t19-,23+,24-;/m0./s1. The van der Waals surface area contributed by atoms with Crippen molar-refractivity contribution in [1.82, 2.24) is 9.88 Å². The number of benzene rings is 3. The molecule has 6 rings (SSSR count). The van der Waals surface area contributed by atoms with Crippen LogP contribution in [0, 0.1) is 11.3 Å². The number of hydrogen-bond acceptors (Lipinski definition) is 6. The van der Waals surface area contributed by atoms with Crippen molar-refractivity contribution in [3.05, 3.63) is 125 Å². The Morgan fingerprint density at radius 3 is 2.28 bits per heavy atom. The number of ether oxygens (including phenoxy) is 2. The third-order valence-electron chi connectivity index (χ3n) is 7.67. The van der Waals surface area contributed by atoms with Gasteiger partial charge in [0.05, 0.1) is 36.7 Å². The van der Waals surface area contributed by atoms with Crippen molar-refractivity contribution in [2.24, 2.45) is 0 Å². The van der Waals surface area contributed by atoms with E-state index in [0.717, 1.165) is 24.1 Å². The minimum absolute atomic E-state index is 0.0706. The van der Waals surface area contributed by atoms with Crippen LogP contribution in [-0.2, 0) is 17.7 Å². The maximum atomic E-state index is 12.2. The molecule has 3 aromatic carbocycles. The Bertz CT molecular complexity index is 1450. The van der Waals surface area contributed by atoms with Crippen LogP contribution >= 0.6 is 0 Å². The lowest BCUT2D eigenvalue weighted by molar-refractivity contribution is -0.106. The van der Waals surface area contributed by atoms with E-state index < -0.39 is 11.2 Å². The van der Waals surface area contributed by atoms with Gasteiger partial charge >= 0.3 is 0 Å². The smallest absolute Gasteiger partial charge is 0.174 e. The molecule has 4 aromatic rings. The zero-order valence-corrected chi connectivity index (χ0v) is 22.5. The summed E-state index contributed by atoms with van der Waals surface area (Å²) >= 11 is 0. The second-order valence-corrected chi connectivity index (χ2v) is 10.3. The van der Waals surface area contributed by atoms with E-state index in [-0.39, 0.29) is 5.92 Å². The summed E-state index contributed by atoms with van der Waals surface area (Å²) in [4.78, 5) is 6.39. The van der Waals surface area contributed by atoms with Crippen LogP contribution in [0.15, 0.2) is 97.3 Å². The molecule has 0 saturated heterocycles. The zero-order chi connectivity index (χ0) is 27.5. The lowest BCUT2D eigenvalue weighted by Crippen LogP contribution is -2.48. The molecule has 1 aliphatic carbocycles. The van der Waals surface area contributed by atoms with Gasteiger partial charge in [-0.1, -0.05) is 72.8 Å². The molecule has 6 nitrogen and oxygen atoms in total. The van der Waals surface area contributed by atoms with Crippen molar-refractivity contribution in [1.29, 1.82) is 5.26 Å². The summed E-state index contributed by atoms with van der Waals surface area (Å²) in [7, 11) is 5.73. The summed E-state index contributed by atoms with van der Waals surface area (Å²) in [5, 5.41) is 21.4. The van der Waals surface area contributed by atoms with Crippen LogP contribution < -0.4 is 9.47 Å². The highest BCUT2D eigenvalue weighted by molar-refractivity contribution is 5.57. The number of hydrogen-bond donors (Lipinski definition) is 1. The third-order valence-corrected chi connectivity index (χ3v) is 7.67. The molecule has 0 radical (unpaired) electrons. The van der Waals surface area contributed by atoms with Crippen LogP contribution in [0.2, 0.25) is 0 Å². The van der Waals surface area contributed by atoms with E-state index in [2.05, 4.69) is 66.4 Å². The Kier molecular flexibility index (Phi) is 7.38. The first kappa shape index (κ1) is 26.4. The lowest BCUT2D eigenvalue weighted by atomic mass is 9.71. The Morgan fingerprint density at radius 1 is 1.00 bits per heavy atom. The van der Waals surface area contributed by atoms with E-state index in [9.17, 15) is 10.4 Å². The minimum atomic E-state index is -1.27. The molecule has 3 atom stereocenters. The molecule has 1 fully saturated rings. The number of nitrogens with zero attached hydrogens (tertiary/aromatic N) is 3. The van der Waals surface area contributed by atoms with Crippen LogP contribution in [0.3, 0.4) is 0 Å². The van der Waals surface area contributed by atoms with E-state index in [1.807, 2.05) is 36.4 Å². The van der Waals surface area contributed by atoms with Gasteiger partial charge in [0.25, 0.3) is 0 Å². The van der Waals surface area contributed by atoms with E-state index in [0.29, 0.717) is 29.0 Å². The highest BCUT2D eigenvalue weighted by Crippen LogP contribution is 2.67. The molecule has 2 aliphatic rings. The van der Waals surface area contributed by atoms with Crippen LogP contribution in [0.1, 0.15) is 46.6 Å².